The molecule has 0 aromatic carbocycles. The quantitative estimate of drug-likeness (QED) is 0.587. The molecule has 3 aromatic heterocycles. The largest absolute Gasteiger partial charge is 0.336 e. The Bertz CT molecular complexity index is 1390. The number of hydrogen-bond donors (Lipinski definition) is 2. The SMILES string of the molecule is Cc1cc(Nc2ncnc3sc(C(=O)N4CC[C@@H](N(C)C)C4)cc23)c(=O)n2c1C(=O)NC2(C)C. The Morgan fingerprint density at radius 2 is 2.03 bits per heavy atom. The van der Waals surface area contributed by atoms with E-state index in [0.29, 0.717) is 50.4 Å². The Labute approximate surface area is 200 Å². The van der Waals surface area contributed by atoms with E-state index in [9.17, 15) is 14.4 Å². The second-order valence-corrected chi connectivity index (χ2v) is 10.6. The van der Waals surface area contributed by atoms with Crippen molar-refractivity contribution in [2.75, 3.05) is 32.5 Å². The van der Waals surface area contributed by atoms with Crippen LogP contribution in [0.1, 0.15) is 46.0 Å². The van der Waals surface area contributed by atoms with E-state index in [0.717, 1.165) is 13.0 Å². The van der Waals surface area contributed by atoms with Crippen LogP contribution < -0.4 is 16.2 Å². The molecule has 5 rings (SSSR count). The summed E-state index contributed by atoms with van der Waals surface area (Å²) in [6.07, 6.45) is 2.37. The number of hydrogen-bond acceptors (Lipinski definition) is 8. The lowest BCUT2D eigenvalue weighted by Gasteiger charge is -2.22. The summed E-state index contributed by atoms with van der Waals surface area (Å²) < 4.78 is 1.47. The molecule has 178 valence electrons. The van der Waals surface area contributed by atoms with Crippen LogP contribution in [0.5, 0.6) is 0 Å². The Morgan fingerprint density at radius 1 is 1.26 bits per heavy atom. The molecule has 11 heteroatoms. The van der Waals surface area contributed by atoms with E-state index in [-0.39, 0.29) is 17.4 Å². The molecule has 0 saturated carbocycles. The zero-order chi connectivity index (χ0) is 24.4. The summed E-state index contributed by atoms with van der Waals surface area (Å²) in [6.45, 7) is 6.78. The first kappa shape index (κ1) is 22.5. The molecule has 0 unspecified atom stereocenters. The molecule has 1 fully saturated rings. The molecule has 0 spiro atoms. The van der Waals surface area contributed by atoms with Gasteiger partial charge in [-0.3, -0.25) is 19.0 Å². The number of likely N-dealkylation sites (N-methyl/N-ethyl adjacent to an activating group) is 1. The molecule has 0 bridgehead atoms. The zero-order valence-electron chi connectivity index (χ0n) is 19.8. The maximum atomic E-state index is 13.3. The van der Waals surface area contributed by atoms with Crippen LogP contribution in [0.2, 0.25) is 0 Å². The number of thiophene rings is 1. The fraction of sp³-hybridized carbons (Fsp3) is 0.435. The van der Waals surface area contributed by atoms with Crippen molar-refractivity contribution in [3.8, 4) is 0 Å². The minimum absolute atomic E-state index is 0.0157. The lowest BCUT2D eigenvalue weighted by atomic mass is 10.1. The Hall–Kier alpha value is -3.31. The molecule has 2 aliphatic heterocycles. The van der Waals surface area contributed by atoms with Gasteiger partial charge in [-0.05, 0) is 59.0 Å². The zero-order valence-corrected chi connectivity index (χ0v) is 20.6. The van der Waals surface area contributed by atoms with Gasteiger partial charge in [0.2, 0.25) is 0 Å². The monoisotopic (exact) mass is 481 g/mol. The van der Waals surface area contributed by atoms with Gasteiger partial charge in [0.25, 0.3) is 17.4 Å². The third kappa shape index (κ3) is 3.55. The number of amides is 2. The van der Waals surface area contributed by atoms with Crippen LogP contribution in [0, 0.1) is 6.92 Å². The number of nitrogens with zero attached hydrogens (tertiary/aromatic N) is 5. The molecule has 1 atom stereocenters. The summed E-state index contributed by atoms with van der Waals surface area (Å²) in [5.74, 6) is 0.160. The van der Waals surface area contributed by atoms with Crippen molar-refractivity contribution in [1.82, 2.24) is 29.7 Å². The lowest BCUT2D eigenvalue weighted by Crippen LogP contribution is -2.42. The van der Waals surface area contributed by atoms with E-state index in [1.54, 1.807) is 32.9 Å². The molecule has 0 aliphatic carbocycles. The van der Waals surface area contributed by atoms with Gasteiger partial charge in [-0.25, -0.2) is 9.97 Å². The van der Waals surface area contributed by atoms with Gasteiger partial charge in [0.1, 0.15) is 34.0 Å². The number of carbonyl (C=O) groups is 2. The van der Waals surface area contributed by atoms with Crippen molar-refractivity contribution in [3.05, 3.63) is 44.9 Å². The van der Waals surface area contributed by atoms with E-state index in [1.807, 2.05) is 19.0 Å². The number of carbonyl (C=O) groups excluding carboxylic acids is 2. The number of likely N-dealkylation sites (tertiary alicyclic amines) is 1. The molecular weight excluding hydrogens is 454 g/mol. The number of aromatic nitrogens is 3. The predicted octanol–water partition coefficient (Wildman–Crippen LogP) is 2.12. The van der Waals surface area contributed by atoms with E-state index < -0.39 is 5.66 Å². The lowest BCUT2D eigenvalue weighted by molar-refractivity contribution is 0.0787. The topological polar surface area (TPSA) is 112 Å². The third-order valence-electron chi connectivity index (χ3n) is 6.56. The number of anilines is 2. The van der Waals surface area contributed by atoms with Crippen LogP contribution in [0.3, 0.4) is 0 Å². The molecule has 2 aliphatic rings. The van der Waals surface area contributed by atoms with Crippen LogP contribution >= 0.6 is 11.3 Å². The maximum absolute atomic E-state index is 13.3. The van der Waals surface area contributed by atoms with Crippen molar-refractivity contribution in [2.24, 2.45) is 0 Å². The first-order chi connectivity index (χ1) is 16.1. The minimum Gasteiger partial charge on any atom is -0.336 e. The number of fused-ring (bicyclic) bond motifs is 2. The van der Waals surface area contributed by atoms with Crippen molar-refractivity contribution >= 4 is 44.9 Å². The highest BCUT2D eigenvalue weighted by molar-refractivity contribution is 7.20. The Morgan fingerprint density at radius 3 is 2.74 bits per heavy atom. The van der Waals surface area contributed by atoms with Gasteiger partial charge >= 0.3 is 0 Å². The number of aryl methyl sites for hydroxylation is 1. The third-order valence-corrected chi connectivity index (χ3v) is 7.59. The summed E-state index contributed by atoms with van der Waals surface area (Å²) >= 11 is 1.32. The van der Waals surface area contributed by atoms with E-state index in [1.165, 1.54) is 22.2 Å². The smallest absolute Gasteiger partial charge is 0.276 e. The molecular formula is C23H27N7O3S. The maximum Gasteiger partial charge on any atom is 0.276 e. The molecule has 2 N–H and O–H groups in total. The highest BCUT2D eigenvalue weighted by Crippen LogP contribution is 2.32. The second kappa shape index (κ2) is 7.88. The number of pyridine rings is 1. The standard InChI is InChI=1S/C23H27N7O3S/c1-12-8-15(21(32)30-17(12)19(31)27-23(30,2)3)26-18-14-9-16(34-20(14)25-11-24-18)22(33)29-7-6-13(10-29)28(4)5/h8-9,11,13H,6-7,10H2,1-5H3,(H,27,31)(H,24,25,26)/t13-/m1/s1. The second-order valence-electron chi connectivity index (χ2n) is 9.58. The summed E-state index contributed by atoms with van der Waals surface area (Å²) in [4.78, 5) is 52.8. The fourth-order valence-electron chi connectivity index (χ4n) is 4.73. The summed E-state index contributed by atoms with van der Waals surface area (Å²) in [6, 6.07) is 3.81. The fourth-order valence-corrected chi connectivity index (χ4v) is 5.70. The van der Waals surface area contributed by atoms with Crippen molar-refractivity contribution < 1.29 is 9.59 Å². The molecule has 5 heterocycles. The van der Waals surface area contributed by atoms with Crippen molar-refractivity contribution in [3.63, 3.8) is 0 Å². The van der Waals surface area contributed by atoms with Crippen LogP contribution in [-0.2, 0) is 5.66 Å². The summed E-state index contributed by atoms with van der Waals surface area (Å²) in [7, 11) is 4.06. The highest BCUT2D eigenvalue weighted by atomic mass is 32.1. The predicted molar refractivity (Wildman–Crippen MR) is 131 cm³/mol. The Kier molecular flexibility index (Phi) is 5.21. The van der Waals surface area contributed by atoms with Crippen LogP contribution in [0.25, 0.3) is 10.2 Å². The van der Waals surface area contributed by atoms with Gasteiger partial charge in [-0.2, -0.15) is 0 Å². The van der Waals surface area contributed by atoms with Crippen molar-refractivity contribution in [2.45, 2.75) is 38.9 Å². The van der Waals surface area contributed by atoms with Gasteiger partial charge < -0.3 is 20.4 Å². The normalized spacial score (nSPS) is 19.1. The molecule has 3 aromatic rings. The number of rotatable bonds is 4. The van der Waals surface area contributed by atoms with Gasteiger partial charge in [-0.15, -0.1) is 11.3 Å². The summed E-state index contributed by atoms with van der Waals surface area (Å²) in [5.41, 5.74) is 0.182. The first-order valence-corrected chi connectivity index (χ1v) is 12.0. The van der Waals surface area contributed by atoms with Crippen LogP contribution in [0.4, 0.5) is 11.5 Å². The summed E-state index contributed by atoms with van der Waals surface area (Å²) in [5, 5.41) is 6.65. The van der Waals surface area contributed by atoms with Gasteiger partial charge in [0.15, 0.2) is 0 Å². The van der Waals surface area contributed by atoms with Gasteiger partial charge in [-0.1, -0.05) is 0 Å². The van der Waals surface area contributed by atoms with Crippen LogP contribution in [0.15, 0.2) is 23.3 Å². The molecule has 34 heavy (non-hydrogen) atoms. The molecule has 1 saturated heterocycles. The van der Waals surface area contributed by atoms with Crippen LogP contribution in [-0.4, -0.2) is 69.4 Å². The van der Waals surface area contributed by atoms with Gasteiger partial charge in [0, 0.05) is 19.1 Å². The van der Waals surface area contributed by atoms with E-state index >= 15 is 0 Å². The minimum atomic E-state index is -0.838. The average molecular weight is 482 g/mol. The molecule has 0 radical (unpaired) electrons. The number of nitrogens with one attached hydrogen (secondary N) is 2. The van der Waals surface area contributed by atoms with Gasteiger partial charge in [0.05, 0.1) is 10.3 Å². The van der Waals surface area contributed by atoms with Crippen molar-refractivity contribution in [1.29, 1.82) is 0 Å². The molecule has 2 amide bonds. The van der Waals surface area contributed by atoms with E-state index in [4.69, 9.17) is 0 Å². The first-order valence-electron chi connectivity index (χ1n) is 11.1. The highest BCUT2D eigenvalue weighted by Gasteiger charge is 2.37. The average Bonchev–Trinajstić information content (AvgIpc) is 3.47. The Balaban J connectivity index is 1.49. The van der Waals surface area contributed by atoms with E-state index in [2.05, 4.69) is 25.5 Å². The molecule has 10 nitrogen and oxygen atoms in total.